The summed E-state index contributed by atoms with van der Waals surface area (Å²) in [6, 6.07) is 9.82. The summed E-state index contributed by atoms with van der Waals surface area (Å²) in [6.45, 7) is 7.18. The van der Waals surface area contributed by atoms with Crippen molar-refractivity contribution in [2.45, 2.75) is 39.0 Å². The van der Waals surface area contributed by atoms with Crippen LogP contribution in [0.4, 0.5) is 0 Å². The lowest BCUT2D eigenvalue weighted by Crippen LogP contribution is -2.54. The van der Waals surface area contributed by atoms with Crippen LogP contribution in [0.15, 0.2) is 52.3 Å². The molecule has 1 saturated heterocycles. The van der Waals surface area contributed by atoms with Gasteiger partial charge in [0.1, 0.15) is 0 Å². The topological polar surface area (TPSA) is 72.2 Å². The minimum Gasteiger partial charge on any atom is -0.314 e. The normalized spacial score (nSPS) is 18.7. The number of hydrogen-bond donors (Lipinski definition) is 1. The molecule has 0 unspecified atom stereocenters. The third-order valence-electron chi connectivity index (χ3n) is 6.82. The van der Waals surface area contributed by atoms with Crippen LogP contribution in [0.25, 0.3) is 21.3 Å². The first-order chi connectivity index (χ1) is 17.2. The van der Waals surface area contributed by atoms with Crippen LogP contribution in [0, 0.1) is 0 Å². The zero-order valence-corrected chi connectivity index (χ0v) is 22.6. The average Bonchev–Trinajstić information content (AvgIpc) is 3.25. The van der Waals surface area contributed by atoms with E-state index in [0.717, 1.165) is 44.9 Å². The van der Waals surface area contributed by atoms with Gasteiger partial charge in [-0.05, 0) is 49.2 Å². The van der Waals surface area contributed by atoms with Crippen LogP contribution in [0.1, 0.15) is 24.3 Å². The average molecular weight is 545 g/mol. The van der Waals surface area contributed by atoms with Crippen LogP contribution in [0.2, 0.25) is 10.0 Å². The first-order valence-electron chi connectivity index (χ1n) is 11.8. The van der Waals surface area contributed by atoms with Crippen molar-refractivity contribution in [2.24, 2.45) is 7.05 Å². The van der Waals surface area contributed by atoms with Crippen molar-refractivity contribution in [1.29, 1.82) is 0 Å². The summed E-state index contributed by atoms with van der Waals surface area (Å²) in [4.78, 5) is 32.8. The maximum atomic E-state index is 12.5. The molecule has 0 bridgehead atoms. The van der Waals surface area contributed by atoms with Gasteiger partial charge in [-0.1, -0.05) is 23.2 Å². The number of rotatable bonds is 5. The van der Waals surface area contributed by atoms with E-state index in [-0.39, 0.29) is 17.8 Å². The van der Waals surface area contributed by atoms with Gasteiger partial charge in [-0.2, -0.15) is 0 Å². The van der Waals surface area contributed by atoms with Crippen LogP contribution >= 0.6 is 34.5 Å². The number of aryl methyl sites for hydroxylation is 1. The smallest absolute Gasteiger partial charge is 0.314 e. The predicted molar refractivity (Wildman–Crippen MR) is 147 cm³/mol. The fourth-order valence-corrected chi connectivity index (χ4v) is 6.55. The number of piperazine rings is 1. The van der Waals surface area contributed by atoms with Gasteiger partial charge >= 0.3 is 5.69 Å². The minimum atomic E-state index is -0.351. The zero-order chi connectivity index (χ0) is 25.6. The van der Waals surface area contributed by atoms with Gasteiger partial charge in [0.25, 0.3) is 5.56 Å². The fraction of sp³-hybridized carbons (Fsp3) is 0.346. The van der Waals surface area contributed by atoms with Crippen molar-refractivity contribution < 1.29 is 0 Å². The second-order valence-electron chi connectivity index (χ2n) is 9.36. The van der Waals surface area contributed by atoms with Crippen LogP contribution in [0.5, 0.6) is 0 Å². The molecular weight excluding hydrogens is 517 g/mol. The van der Waals surface area contributed by atoms with Crippen LogP contribution in [0.3, 0.4) is 0 Å². The molecular formula is C26H27Cl2N5O2S. The number of fused-ring (bicyclic) bond motifs is 1. The van der Waals surface area contributed by atoms with Crippen molar-refractivity contribution in [3.63, 3.8) is 0 Å². The molecule has 1 fully saturated rings. The van der Waals surface area contributed by atoms with E-state index < -0.39 is 0 Å². The Labute approximate surface area is 222 Å². The second-order valence-corrected chi connectivity index (χ2v) is 11.3. The van der Waals surface area contributed by atoms with Crippen LogP contribution in [-0.4, -0.2) is 44.2 Å². The number of nitrogens with zero attached hydrogens (tertiary/aromatic N) is 4. The third-order valence-corrected chi connectivity index (χ3v) is 8.52. The molecule has 3 aromatic heterocycles. The van der Waals surface area contributed by atoms with E-state index in [4.69, 9.17) is 23.2 Å². The summed E-state index contributed by atoms with van der Waals surface area (Å²) in [5, 5.41) is 4.68. The molecule has 5 rings (SSSR count). The Kier molecular flexibility index (Phi) is 7.07. The molecule has 0 spiro atoms. The van der Waals surface area contributed by atoms with E-state index in [1.54, 1.807) is 19.3 Å². The molecule has 1 aliphatic rings. The van der Waals surface area contributed by atoms with Gasteiger partial charge in [-0.3, -0.25) is 19.2 Å². The molecule has 0 amide bonds. The summed E-state index contributed by atoms with van der Waals surface area (Å²) in [7, 11) is 1.63. The highest BCUT2D eigenvalue weighted by atomic mass is 35.5. The summed E-state index contributed by atoms with van der Waals surface area (Å²) in [6.07, 6.45) is 3.26. The summed E-state index contributed by atoms with van der Waals surface area (Å²) < 4.78 is 3.60. The van der Waals surface area contributed by atoms with Crippen molar-refractivity contribution in [3.8, 4) is 11.1 Å². The minimum absolute atomic E-state index is 0.186. The van der Waals surface area contributed by atoms with Gasteiger partial charge in [0.05, 0.1) is 16.8 Å². The van der Waals surface area contributed by atoms with E-state index in [2.05, 4.69) is 29.0 Å². The Balaban J connectivity index is 1.60. The Hall–Kier alpha value is -2.49. The molecule has 188 valence electrons. The number of thiophene rings is 1. The Morgan fingerprint density at radius 1 is 1.06 bits per heavy atom. The quantitative estimate of drug-likeness (QED) is 0.404. The Morgan fingerprint density at radius 2 is 1.81 bits per heavy atom. The van der Waals surface area contributed by atoms with Gasteiger partial charge in [0.2, 0.25) is 0 Å². The molecule has 4 aromatic rings. The number of hydrogen-bond acceptors (Lipinski definition) is 6. The summed E-state index contributed by atoms with van der Waals surface area (Å²) in [5.74, 6) is 0. The van der Waals surface area contributed by atoms with Gasteiger partial charge in [-0.25, -0.2) is 4.79 Å². The molecule has 10 heteroatoms. The lowest BCUT2D eigenvalue weighted by Gasteiger charge is -2.40. The van der Waals surface area contributed by atoms with E-state index in [1.807, 2.05) is 18.2 Å². The standard InChI is InChI=1S/C26H27Cl2N5O2S/c1-15-11-29-12-16(2)32(15)14-21-20(8-17(27)9-22(21)28)19-4-6-30-23-10-18(36-25(19)23)13-33-24(34)5-7-31(3)26(33)35/h4-10,15-16,29H,11-14H2,1-3H3/t15-,16-/m0/s1. The third kappa shape index (κ3) is 4.76. The molecule has 0 radical (unpaired) electrons. The summed E-state index contributed by atoms with van der Waals surface area (Å²) in [5.41, 5.74) is 3.11. The Bertz CT molecular complexity index is 1550. The second kappa shape index (κ2) is 10.1. The lowest BCUT2D eigenvalue weighted by atomic mass is 9.98. The highest BCUT2D eigenvalue weighted by Gasteiger charge is 2.27. The molecule has 0 saturated carbocycles. The number of aromatic nitrogens is 3. The van der Waals surface area contributed by atoms with E-state index >= 15 is 0 Å². The zero-order valence-electron chi connectivity index (χ0n) is 20.3. The maximum Gasteiger partial charge on any atom is 0.331 e. The maximum absolute atomic E-state index is 12.5. The molecule has 1 N–H and O–H groups in total. The molecule has 1 aliphatic heterocycles. The first kappa shape index (κ1) is 25.2. The molecule has 1 aromatic carbocycles. The van der Waals surface area contributed by atoms with Crippen molar-refractivity contribution in [3.05, 3.63) is 84.0 Å². The molecule has 4 heterocycles. The SMILES string of the molecule is C[C@H]1CNC[C@H](C)N1Cc1c(Cl)cc(Cl)cc1-c1ccnc2cc(Cn3c(=O)ccn(C)c3=O)sc12. The fourth-order valence-electron chi connectivity index (χ4n) is 4.86. The van der Waals surface area contributed by atoms with Crippen LogP contribution in [-0.2, 0) is 20.1 Å². The van der Waals surface area contributed by atoms with E-state index in [9.17, 15) is 9.59 Å². The van der Waals surface area contributed by atoms with Crippen molar-refractivity contribution in [2.75, 3.05) is 13.1 Å². The first-order valence-corrected chi connectivity index (χ1v) is 13.4. The molecule has 0 aliphatic carbocycles. The lowest BCUT2D eigenvalue weighted by molar-refractivity contribution is 0.109. The van der Waals surface area contributed by atoms with E-state index in [0.29, 0.717) is 28.7 Å². The van der Waals surface area contributed by atoms with Crippen molar-refractivity contribution in [1.82, 2.24) is 24.3 Å². The van der Waals surface area contributed by atoms with Gasteiger partial charge in [0.15, 0.2) is 0 Å². The number of pyridine rings is 1. The number of benzene rings is 1. The number of nitrogens with one attached hydrogen (secondary N) is 1. The van der Waals surface area contributed by atoms with Gasteiger partial charge in [0, 0.05) is 77.7 Å². The highest BCUT2D eigenvalue weighted by molar-refractivity contribution is 7.19. The Morgan fingerprint density at radius 3 is 2.56 bits per heavy atom. The predicted octanol–water partition coefficient (Wildman–Crippen LogP) is 4.36. The van der Waals surface area contributed by atoms with Crippen molar-refractivity contribution >= 4 is 44.8 Å². The van der Waals surface area contributed by atoms with Gasteiger partial charge < -0.3 is 9.88 Å². The van der Waals surface area contributed by atoms with E-state index in [1.165, 1.54) is 32.7 Å². The monoisotopic (exact) mass is 543 g/mol. The molecule has 2 atom stereocenters. The summed E-state index contributed by atoms with van der Waals surface area (Å²) >= 11 is 14.8. The van der Waals surface area contributed by atoms with Gasteiger partial charge in [-0.15, -0.1) is 11.3 Å². The van der Waals surface area contributed by atoms with Crippen LogP contribution < -0.4 is 16.6 Å². The molecule has 7 nitrogen and oxygen atoms in total. The highest BCUT2D eigenvalue weighted by Crippen LogP contribution is 2.40. The number of halogens is 2. The molecule has 36 heavy (non-hydrogen) atoms. The largest absolute Gasteiger partial charge is 0.331 e.